The first-order valence-electron chi connectivity index (χ1n) is 7.19. The van der Waals surface area contributed by atoms with E-state index in [2.05, 4.69) is 11.7 Å². The second kappa shape index (κ2) is 7.71. The Hall–Kier alpha value is -3.00. The fourth-order valence-electron chi connectivity index (χ4n) is 2.19. The van der Waals surface area contributed by atoms with Gasteiger partial charge in [0.2, 0.25) is 5.91 Å². The number of allylic oxidation sites excluding steroid dienone is 1. The van der Waals surface area contributed by atoms with Crippen LogP contribution in [0.15, 0.2) is 47.8 Å². The molecule has 9 heteroatoms. The monoisotopic (exact) mass is 362 g/mol. The van der Waals surface area contributed by atoms with Crippen LogP contribution in [0, 0.1) is 10.1 Å². The lowest BCUT2D eigenvalue weighted by Crippen LogP contribution is -2.31. The molecule has 0 spiro atoms. The van der Waals surface area contributed by atoms with E-state index in [1.807, 2.05) is 0 Å². The summed E-state index contributed by atoms with van der Waals surface area (Å²) in [6, 6.07) is 7.03. The molecule has 0 aliphatic heterocycles. The lowest BCUT2D eigenvalue weighted by atomic mass is 10.1. The van der Waals surface area contributed by atoms with E-state index in [1.54, 1.807) is 6.07 Å². The Morgan fingerprint density at radius 1 is 1.48 bits per heavy atom. The van der Waals surface area contributed by atoms with Crippen LogP contribution >= 0.6 is 11.6 Å². The average Bonchev–Trinajstić information content (AvgIpc) is 2.62. The van der Waals surface area contributed by atoms with Gasteiger partial charge in [-0.25, -0.2) is 4.68 Å². The highest BCUT2D eigenvalue weighted by Crippen LogP contribution is 2.29. The van der Waals surface area contributed by atoms with E-state index >= 15 is 0 Å². The van der Waals surface area contributed by atoms with Crippen molar-refractivity contribution in [3.05, 3.63) is 63.5 Å². The summed E-state index contributed by atoms with van der Waals surface area (Å²) < 4.78 is 1.16. The quantitative estimate of drug-likeness (QED) is 0.339. The highest BCUT2D eigenvalue weighted by molar-refractivity contribution is 6.29. The number of alkyl halides is 1. The van der Waals surface area contributed by atoms with Crippen molar-refractivity contribution in [2.24, 2.45) is 0 Å². The molecule has 1 amide bonds. The fraction of sp³-hybridized carbons (Fsp3) is 0.188. The number of nitrogens with zero attached hydrogens (tertiary/aromatic N) is 4. The maximum absolute atomic E-state index is 12.2. The van der Waals surface area contributed by atoms with Gasteiger partial charge in [-0.15, -0.1) is 18.2 Å². The van der Waals surface area contributed by atoms with Gasteiger partial charge in [0, 0.05) is 30.8 Å². The second-order valence-electron chi connectivity index (χ2n) is 5.08. The molecule has 25 heavy (non-hydrogen) atoms. The van der Waals surface area contributed by atoms with Gasteiger partial charge in [-0.2, -0.15) is 5.10 Å². The zero-order valence-electron chi connectivity index (χ0n) is 13.4. The van der Waals surface area contributed by atoms with Gasteiger partial charge in [-0.3, -0.25) is 19.7 Å². The highest BCUT2D eigenvalue weighted by atomic mass is 35.5. The molecule has 0 atom stereocenters. The highest BCUT2D eigenvalue weighted by Gasteiger charge is 2.20. The van der Waals surface area contributed by atoms with Crippen LogP contribution in [0.1, 0.15) is 0 Å². The van der Waals surface area contributed by atoms with Crippen LogP contribution in [0.25, 0.3) is 11.3 Å². The topological polar surface area (TPSA) is 98.3 Å². The number of rotatable bonds is 6. The zero-order valence-corrected chi connectivity index (χ0v) is 14.1. The Morgan fingerprint density at radius 2 is 2.20 bits per heavy atom. The third-order valence-electron chi connectivity index (χ3n) is 3.46. The summed E-state index contributed by atoms with van der Waals surface area (Å²) in [6.07, 6.45) is 1.50. The molecule has 0 unspecified atom stereocenters. The van der Waals surface area contributed by atoms with Crippen LogP contribution in [-0.2, 0) is 11.3 Å². The number of aromatic nitrogens is 2. The van der Waals surface area contributed by atoms with E-state index in [1.165, 1.54) is 42.3 Å². The number of nitro benzene ring substituents is 1. The average molecular weight is 363 g/mol. The lowest BCUT2D eigenvalue weighted by molar-refractivity contribution is -0.384. The minimum Gasteiger partial charge on any atom is -0.312 e. The van der Waals surface area contributed by atoms with Crippen molar-refractivity contribution in [2.45, 2.75) is 6.54 Å². The Labute approximate surface area is 148 Å². The minimum absolute atomic E-state index is 0.127. The number of nitro groups is 1. The SMILES string of the molecule is C=CCn1nc(-c2cccc([N+](=O)[O-])c2)c(N(C)C(=O)CCl)cc1=O. The molecular formula is C16H15ClN4O4. The molecule has 0 saturated heterocycles. The molecule has 0 radical (unpaired) electrons. The summed E-state index contributed by atoms with van der Waals surface area (Å²) in [4.78, 5) is 35.8. The summed E-state index contributed by atoms with van der Waals surface area (Å²) in [7, 11) is 1.46. The fourth-order valence-corrected chi connectivity index (χ4v) is 2.37. The normalized spacial score (nSPS) is 10.3. The van der Waals surface area contributed by atoms with Gasteiger partial charge in [0.15, 0.2) is 0 Å². The number of hydrogen-bond acceptors (Lipinski definition) is 5. The van der Waals surface area contributed by atoms with Crippen LogP contribution in [0.4, 0.5) is 11.4 Å². The molecule has 0 N–H and O–H groups in total. The van der Waals surface area contributed by atoms with Gasteiger partial charge < -0.3 is 4.90 Å². The Balaban J connectivity index is 2.72. The number of carbonyl (C=O) groups is 1. The van der Waals surface area contributed by atoms with Gasteiger partial charge in [0.05, 0.1) is 17.2 Å². The summed E-state index contributed by atoms with van der Waals surface area (Å²) in [5, 5.41) is 15.3. The van der Waals surface area contributed by atoms with E-state index in [9.17, 15) is 19.7 Å². The number of benzene rings is 1. The third-order valence-corrected chi connectivity index (χ3v) is 3.69. The van der Waals surface area contributed by atoms with Crippen molar-refractivity contribution in [1.82, 2.24) is 9.78 Å². The maximum Gasteiger partial charge on any atom is 0.270 e. The van der Waals surface area contributed by atoms with Gasteiger partial charge >= 0.3 is 0 Å². The molecule has 0 fully saturated rings. The number of amides is 1. The van der Waals surface area contributed by atoms with Crippen LogP contribution < -0.4 is 10.5 Å². The second-order valence-corrected chi connectivity index (χ2v) is 5.35. The first-order chi connectivity index (χ1) is 11.9. The summed E-state index contributed by atoms with van der Waals surface area (Å²) >= 11 is 5.59. The van der Waals surface area contributed by atoms with Crippen LogP contribution in [0.3, 0.4) is 0 Å². The predicted molar refractivity (Wildman–Crippen MR) is 94.9 cm³/mol. The van der Waals surface area contributed by atoms with Crippen molar-refractivity contribution >= 4 is 28.9 Å². The standard InChI is InChI=1S/C16H15ClN4O4/c1-3-7-20-14(22)9-13(19(2)15(23)10-17)16(18-20)11-5-4-6-12(8-11)21(24)25/h3-6,8-9H,1,7,10H2,2H3. The summed E-state index contributed by atoms with van der Waals surface area (Å²) in [6.45, 7) is 3.73. The number of halogens is 1. The number of hydrogen-bond donors (Lipinski definition) is 0. The van der Waals surface area contributed by atoms with E-state index in [0.29, 0.717) is 5.56 Å². The predicted octanol–water partition coefficient (Wildman–Crippen LogP) is 2.21. The molecule has 0 aliphatic carbocycles. The molecule has 8 nitrogen and oxygen atoms in total. The van der Waals surface area contributed by atoms with E-state index in [4.69, 9.17) is 11.6 Å². The van der Waals surface area contributed by atoms with Crippen molar-refractivity contribution in [3.63, 3.8) is 0 Å². The number of non-ortho nitro benzene ring substituents is 1. The van der Waals surface area contributed by atoms with Crippen molar-refractivity contribution in [2.75, 3.05) is 17.8 Å². The molecular weight excluding hydrogens is 348 g/mol. The lowest BCUT2D eigenvalue weighted by Gasteiger charge is -2.19. The minimum atomic E-state index is -0.531. The smallest absolute Gasteiger partial charge is 0.270 e. The molecule has 2 rings (SSSR count). The molecule has 0 bridgehead atoms. The Kier molecular flexibility index (Phi) is 5.66. The molecule has 0 aliphatic rings. The van der Waals surface area contributed by atoms with Gasteiger partial charge in [-0.1, -0.05) is 18.2 Å². The van der Waals surface area contributed by atoms with Gasteiger partial charge in [-0.05, 0) is 0 Å². The van der Waals surface area contributed by atoms with E-state index < -0.39 is 16.4 Å². The summed E-state index contributed by atoms with van der Waals surface area (Å²) in [5.74, 6) is -0.711. The van der Waals surface area contributed by atoms with Crippen molar-refractivity contribution < 1.29 is 9.72 Å². The number of anilines is 1. The Bertz CT molecular complexity index is 894. The molecule has 1 aromatic heterocycles. The summed E-state index contributed by atoms with van der Waals surface area (Å²) in [5.41, 5.74) is 0.315. The van der Waals surface area contributed by atoms with Crippen molar-refractivity contribution in [3.8, 4) is 11.3 Å². The van der Waals surface area contributed by atoms with Crippen molar-refractivity contribution in [1.29, 1.82) is 0 Å². The molecule has 130 valence electrons. The van der Waals surface area contributed by atoms with E-state index in [-0.39, 0.29) is 29.5 Å². The third kappa shape index (κ3) is 3.92. The molecule has 2 aromatic rings. The van der Waals surface area contributed by atoms with E-state index in [0.717, 1.165) is 4.68 Å². The largest absolute Gasteiger partial charge is 0.312 e. The first-order valence-corrected chi connectivity index (χ1v) is 7.73. The maximum atomic E-state index is 12.2. The van der Waals surface area contributed by atoms with Gasteiger partial charge in [0.25, 0.3) is 11.2 Å². The van der Waals surface area contributed by atoms with Crippen LogP contribution in [0.5, 0.6) is 0 Å². The molecule has 0 saturated carbocycles. The van der Waals surface area contributed by atoms with Gasteiger partial charge in [0.1, 0.15) is 11.6 Å². The zero-order chi connectivity index (χ0) is 18.6. The number of carbonyl (C=O) groups excluding carboxylic acids is 1. The molecule has 1 heterocycles. The van der Waals surface area contributed by atoms with Crippen LogP contribution in [-0.4, -0.2) is 33.5 Å². The van der Waals surface area contributed by atoms with Crippen LogP contribution in [0.2, 0.25) is 0 Å². The molecule has 1 aromatic carbocycles. The Morgan fingerprint density at radius 3 is 2.80 bits per heavy atom. The first kappa shape index (κ1) is 18.3.